The van der Waals surface area contributed by atoms with Gasteiger partial charge in [-0.25, -0.2) is 4.39 Å². The van der Waals surface area contributed by atoms with E-state index < -0.39 is 12.5 Å². The lowest BCUT2D eigenvalue weighted by molar-refractivity contribution is -0.135. The third kappa shape index (κ3) is 5.00. The van der Waals surface area contributed by atoms with Crippen molar-refractivity contribution in [2.75, 3.05) is 19.7 Å². The van der Waals surface area contributed by atoms with Gasteiger partial charge in [0.25, 0.3) is 0 Å². The summed E-state index contributed by atoms with van der Waals surface area (Å²) in [5, 5.41) is 9.41. The van der Waals surface area contributed by atoms with Gasteiger partial charge in [-0.1, -0.05) is 24.3 Å². The van der Waals surface area contributed by atoms with Gasteiger partial charge in [0, 0.05) is 37.3 Å². The molecule has 2 heterocycles. The molecule has 0 saturated carbocycles. The minimum Gasteiger partial charge on any atom is -0.387 e. The van der Waals surface area contributed by atoms with Gasteiger partial charge < -0.3 is 15.7 Å². The number of fused-ring (bicyclic) bond motifs is 2. The van der Waals surface area contributed by atoms with Crippen LogP contribution in [0.5, 0.6) is 0 Å². The average Bonchev–Trinajstić information content (AvgIpc) is 3.03. The maximum absolute atomic E-state index is 13.2. The van der Waals surface area contributed by atoms with Crippen molar-refractivity contribution in [3.63, 3.8) is 0 Å². The molecule has 0 radical (unpaired) electrons. The zero-order valence-electron chi connectivity index (χ0n) is 18.1. The number of carbonyl (C=O) groups is 2. The molecule has 2 aliphatic rings. The third-order valence-corrected chi connectivity index (χ3v) is 6.93. The number of rotatable bonds is 8. The van der Waals surface area contributed by atoms with E-state index in [1.165, 1.54) is 17.7 Å². The Morgan fingerprint density at radius 2 is 1.78 bits per heavy atom. The van der Waals surface area contributed by atoms with Crippen LogP contribution in [0.1, 0.15) is 53.1 Å². The first kappa shape index (κ1) is 22.4. The van der Waals surface area contributed by atoms with E-state index in [1.54, 1.807) is 23.1 Å². The molecule has 32 heavy (non-hydrogen) atoms. The summed E-state index contributed by atoms with van der Waals surface area (Å²) in [7, 11) is 0. The number of nitrogens with two attached hydrogens (primary N) is 1. The average molecular weight is 440 g/mol. The second-order valence-electron chi connectivity index (χ2n) is 8.88. The summed E-state index contributed by atoms with van der Waals surface area (Å²) in [6.07, 6.45) is 4.29. The predicted octanol–water partition coefficient (Wildman–Crippen LogP) is 2.66. The third-order valence-electron chi connectivity index (χ3n) is 6.93. The van der Waals surface area contributed by atoms with Crippen LogP contribution in [0.3, 0.4) is 0 Å². The van der Waals surface area contributed by atoms with E-state index in [9.17, 15) is 19.1 Å². The molecule has 4 rings (SSSR count). The minimum atomic E-state index is -0.535. The number of halogens is 1. The van der Waals surface area contributed by atoms with Crippen molar-refractivity contribution >= 4 is 11.8 Å². The molecule has 0 spiro atoms. The molecule has 2 aromatic rings. The van der Waals surface area contributed by atoms with Crippen LogP contribution in [0.15, 0.2) is 48.5 Å². The normalized spacial score (nSPS) is 22.6. The molecule has 7 heteroatoms. The molecule has 2 aromatic carbocycles. The van der Waals surface area contributed by atoms with E-state index >= 15 is 0 Å². The summed E-state index contributed by atoms with van der Waals surface area (Å²) in [6.45, 7) is 1.08. The molecule has 3 atom stereocenters. The Labute approximate surface area is 187 Å². The summed E-state index contributed by atoms with van der Waals surface area (Å²) in [6, 6.07) is 14.6. The quantitative estimate of drug-likeness (QED) is 0.662. The second-order valence-corrected chi connectivity index (χ2v) is 8.88. The Bertz CT molecular complexity index is 951. The number of hydrogen-bond donors (Lipinski definition) is 2. The van der Waals surface area contributed by atoms with Crippen molar-refractivity contribution < 1.29 is 19.1 Å². The van der Waals surface area contributed by atoms with Crippen LogP contribution in [0.4, 0.5) is 4.39 Å². The summed E-state index contributed by atoms with van der Waals surface area (Å²) in [5.41, 5.74) is 8.01. The van der Waals surface area contributed by atoms with E-state index in [1.807, 2.05) is 12.1 Å². The molecule has 2 aliphatic heterocycles. The lowest BCUT2D eigenvalue weighted by Gasteiger charge is -2.40. The predicted molar refractivity (Wildman–Crippen MR) is 119 cm³/mol. The zero-order chi connectivity index (χ0) is 22.7. The molecule has 170 valence electrons. The molecule has 2 fully saturated rings. The van der Waals surface area contributed by atoms with Crippen LogP contribution < -0.4 is 5.73 Å². The lowest BCUT2D eigenvalue weighted by atomic mass is 9.84. The fraction of sp³-hybridized carbons (Fsp3) is 0.440. The Hall–Kier alpha value is -2.77. The maximum atomic E-state index is 13.2. The van der Waals surface area contributed by atoms with Crippen molar-refractivity contribution in [2.24, 2.45) is 5.73 Å². The SMILES string of the molecule is NC(=O)c1cccc(C2C[C@H]3CC[C@@H](C2)N3CCN(Cc2ccc(F)cc2)C(=O)CO)c1. The Morgan fingerprint density at radius 1 is 1.09 bits per heavy atom. The van der Waals surface area contributed by atoms with E-state index in [0.717, 1.165) is 37.8 Å². The van der Waals surface area contributed by atoms with Gasteiger partial charge in [-0.3, -0.25) is 14.5 Å². The number of hydrogen-bond acceptors (Lipinski definition) is 4. The molecule has 3 N–H and O–H groups in total. The summed E-state index contributed by atoms with van der Waals surface area (Å²) < 4.78 is 13.2. The smallest absolute Gasteiger partial charge is 0.248 e. The number of carbonyl (C=O) groups excluding carboxylic acids is 2. The molecule has 0 aromatic heterocycles. The van der Waals surface area contributed by atoms with E-state index in [2.05, 4.69) is 11.0 Å². The number of aliphatic hydroxyl groups is 1. The van der Waals surface area contributed by atoms with Crippen molar-refractivity contribution in [2.45, 2.75) is 50.2 Å². The zero-order valence-corrected chi connectivity index (χ0v) is 18.1. The van der Waals surface area contributed by atoms with Gasteiger partial charge in [0.05, 0.1) is 0 Å². The Morgan fingerprint density at radius 3 is 2.41 bits per heavy atom. The van der Waals surface area contributed by atoms with Gasteiger partial charge in [0.15, 0.2) is 0 Å². The molecule has 6 nitrogen and oxygen atoms in total. The highest BCUT2D eigenvalue weighted by Crippen LogP contribution is 2.43. The fourth-order valence-corrected chi connectivity index (χ4v) is 5.30. The second kappa shape index (κ2) is 9.79. The van der Waals surface area contributed by atoms with Gasteiger partial charge >= 0.3 is 0 Å². The van der Waals surface area contributed by atoms with Gasteiger partial charge in [-0.2, -0.15) is 0 Å². The van der Waals surface area contributed by atoms with Crippen LogP contribution in [0.2, 0.25) is 0 Å². The van der Waals surface area contributed by atoms with Gasteiger partial charge in [-0.15, -0.1) is 0 Å². The summed E-state index contributed by atoms with van der Waals surface area (Å²) in [4.78, 5) is 28.0. The standard InChI is InChI=1S/C25H30FN3O3/c26-21-6-4-17(5-7-21)15-28(24(31)16-30)10-11-29-22-8-9-23(29)14-20(13-22)18-2-1-3-19(12-18)25(27)32/h1-7,12,20,22-23,30H,8-11,13-16H2,(H2,27,32)/t20?,22-,23+. The highest BCUT2D eigenvalue weighted by Gasteiger charge is 2.41. The molecule has 2 amide bonds. The first-order chi connectivity index (χ1) is 15.4. The summed E-state index contributed by atoms with van der Waals surface area (Å²) in [5.74, 6) is -0.631. The minimum absolute atomic E-state index is 0.311. The molecule has 1 unspecified atom stereocenters. The van der Waals surface area contributed by atoms with Gasteiger partial charge in [0.2, 0.25) is 11.8 Å². The molecular formula is C25H30FN3O3. The number of aliphatic hydroxyl groups excluding tert-OH is 1. The topological polar surface area (TPSA) is 86.9 Å². The number of piperidine rings is 1. The molecule has 0 aliphatic carbocycles. The first-order valence-electron chi connectivity index (χ1n) is 11.2. The molecule has 2 bridgehead atoms. The summed E-state index contributed by atoms with van der Waals surface area (Å²) >= 11 is 0. The Balaban J connectivity index is 1.39. The van der Waals surface area contributed by atoms with Crippen molar-refractivity contribution in [1.29, 1.82) is 0 Å². The lowest BCUT2D eigenvalue weighted by Crippen LogP contribution is -2.47. The molecule has 2 saturated heterocycles. The van der Waals surface area contributed by atoms with Crippen LogP contribution in [0, 0.1) is 5.82 Å². The largest absolute Gasteiger partial charge is 0.387 e. The fourth-order valence-electron chi connectivity index (χ4n) is 5.30. The van der Waals surface area contributed by atoms with Gasteiger partial charge in [0.1, 0.15) is 12.4 Å². The number of benzene rings is 2. The van der Waals surface area contributed by atoms with Crippen LogP contribution in [0.25, 0.3) is 0 Å². The number of amides is 2. The highest BCUT2D eigenvalue weighted by atomic mass is 19.1. The van der Waals surface area contributed by atoms with Gasteiger partial charge in [-0.05, 0) is 67.0 Å². The Kier molecular flexibility index (Phi) is 6.86. The highest BCUT2D eigenvalue weighted by molar-refractivity contribution is 5.92. The van der Waals surface area contributed by atoms with Crippen molar-refractivity contribution in [3.05, 3.63) is 71.0 Å². The van der Waals surface area contributed by atoms with Crippen molar-refractivity contribution in [3.8, 4) is 0 Å². The maximum Gasteiger partial charge on any atom is 0.248 e. The van der Waals surface area contributed by atoms with Crippen LogP contribution in [-0.2, 0) is 11.3 Å². The van der Waals surface area contributed by atoms with Crippen molar-refractivity contribution in [1.82, 2.24) is 9.80 Å². The monoisotopic (exact) mass is 439 g/mol. The number of primary amides is 1. The first-order valence-corrected chi connectivity index (χ1v) is 11.2. The number of nitrogens with zero attached hydrogens (tertiary/aromatic N) is 2. The van der Waals surface area contributed by atoms with E-state index in [4.69, 9.17) is 5.73 Å². The van der Waals surface area contributed by atoms with E-state index in [-0.39, 0.29) is 11.7 Å². The van der Waals surface area contributed by atoms with Crippen LogP contribution in [-0.4, -0.2) is 58.5 Å². The van der Waals surface area contributed by atoms with Crippen LogP contribution >= 0.6 is 0 Å². The molecular weight excluding hydrogens is 409 g/mol. The van der Waals surface area contributed by atoms with E-state index in [0.29, 0.717) is 36.7 Å².